The fourth-order valence-electron chi connectivity index (χ4n) is 2.03. The van der Waals surface area contributed by atoms with E-state index in [-0.39, 0.29) is 23.1 Å². The van der Waals surface area contributed by atoms with Crippen molar-refractivity contribution in [3.05, 3.63) is 52.3 Å². The number of nitrogens with zero attached hydrogens (tertiary/aromatic N) is 3. The summed E-state index contributed by atoms with van der Waals surface area (Å²) in [6.07, 6.45) is 3.07. The van der Waals surface area contributed by atoms with Gasteiger partial charge in [0, 0.05) is 18.0 Å². The lowest BCUT2D eigenvalue weighted by atomic mass is 10.1. The summed E-state index contributed by atoms with van der Waals surface area (Å²) in [4.78, 5) is 20.2. The number of benzene rings is 1. The highest BCUT2D eigenvalue weighted by molar-refractivity contribution is 6.39. The molecule has 1 aromatic carbocycles. The van der Waals surface area contributed by atoms with Crippen LogP contribution in [0.3, 0.4) is 0 Å². The number of carbonyl (C=O) groups excluding carboxylic acids is 1. The second-order valence-corrected chi connectivity index (χ2v) is 5.34. The maximum Gasteiger partial charge on any atom is 0.345 e. The molecule has 2 heterocycles. The van der Waals surface area contributed by atoms with Gasteiger partial charge in [-0.2, -0.15) is 0 Å². The summed E-state index contributed by atoms with van der Waals surface area (Å²) >= 11 is 12.4. The lowest BCUT2D eigenvalue weighted by Crippen LogP contribution is -2.06. The van der Waals surface area contributed by atoms with E-state index in [1.165, 1.54) is 19.5 Å². The summed E-state index contributed by atoms with van der Waals surface area (Å²) in [5, 5.41) is 7.33. The van der Waals surface area contributed by atoms with E-state index >= 15 is 0 Å². The Hall–Kier alpha value is -2.64. The van der Waals surface area contributed by atoms with Gasteiger partial charge in [-0.15, -0.1) is 0 Å². The van der Waals surface area contributed by atoms with Crippen molar-refractivity contribution in [3.63, 3.8) is 0 Å². The highest BCUT2D eigenvalue weighted by atomic mass is 35.5. The van der Waals surface area contributed by atoms with E-state index in [2.05, 4.69) is 20.4 Å². The first-order valence-electron chi connectivity index (χ1n) is 6.68. The summed E-state index contributed by atoms with van der Waals surface area (Å²) in [7, 11) is 1.25. The molecule has 0 atom stereocenters. The van der Waals surface area contributed by atoms with E-state index in [4.69, 9.17) is 32.5 Å². The Bertz CT molecular complexity index is 863. The van der Waals surface area contributed by atoms with Gasteiger partial charge in [-0.1, -0.05) is 34.4 Å². The van der Waals surface area contributed by atoms with Crippen LogP contribution in [-0.2, 0) is 4.74 Å². The van der Waals surface area contributed by atoms with Gasteiger partial charge in [0.2, 0.25) is 11.8 Å². The van der Waals surface area contributed by atoms with Crippen LogP contribution in [0, 0.1) is 0 Å². The molecular formula is C15H10Cl2N4O3. The second-order valence-electron chi connectivity index (χ2n) is 4.52. The molecule has 7 nitrogen and oxygen atoms in total. The molecule has 0 aliphatic carbocycles. The summed E-state index contributed by atoms with van der Waals surface area (Å²) in [6.45, 7) is 0. The minimum atomic E-state index is -0.666. The lowest BCUT2D eigenvalue weighted by Gasteiger charge is -2.06. The number of hydrogen-bond acceptors (Lipinski definition) is 7. The fourth-order valence-corrected chi connectivity index (χ4v) is 2.60. The zero-order valence-corrected chi connectivity index (χ0v) is 13.8. The predicted molar refractivity (Wildman–Crippen MR) is 88.6 cm³/mol. The summed E-state index contributed by atoms with van der Waals surface area (Å²) < 4.78 is 10.0. The summed E-state index contributed by atoms with van der Waals surface area (Å²) in [6, 6.07) is 6.60. The molecule has 0 amide bonds. The van der Waals surface area contributed by atoms with Crippen LogP contribution in [0.15, 0.2) is 41.2 Å². The van der Waals surface area contributed by atoms with Crippen molar-refractivity contribution in [2.45, 2.75) is 0 Å². The molecule has 122 valence electrons. The van der Waals surface area contributed by atoms with Crippen LogP contribution in [0.25, 0.3) is 11.3 Å². The largest absolute Gasteiger partial charge is 0.465 e. The van der Waals surface area contributed by atoms with E-state index in [1.807, 2.05) is 0 Å². The molecule has 0 radical (unpaired) electrons. The van der Waals surface area contributed by atoms with Gasteiger partial charge >= 0.3 is 5.97 Å². The molecule has 0 saturated carbocycles. The van der Waals surface area contributed by atoms with Gasteiger partial charge in [0.1, 0.15) is 5.69 Å². The minimum Gasteiger partial charge on any atom is -0.465 e. The molecule has 0 bridgehead atoms. The fraction of sp³-hybridized carbons (Fsp3) is 0.0667. The van der Waals surface area contributed by atoms with Crippen LogP contribution in [0.5, 0.6) is 0 Å². The number of anilines is 2. The number of methoxy groups -OCH3 is 1. The van der Waals surface area contributed by atoms with Crippen molar-refractivity contribution >= 4 is 41.0 Å². The number of aromatic nitrogens is 3. The van der Waals surface area contributed by atoms with Crippen LogP contribution < -0.4 is 5.32 Å². The minimum absolute atomic E-state index is 0.0269. The van der Waals surface area contributed by atoms with Crippen molar-refractivity contribution < 1.29 is 14.1 Å². The maximum atomic E-state index is 12.2. The summed E-state index contributed by atoms with van der Waals surface area (Å²) in [5.41, 5.74) is 0.572. The number of halogens is 2. The molecule has 1 N–H and O–H groups in total. The topological polar surface area (TPSA) is 90.1 Å². The lowest BCUT2D eigenvalue weighted by molar-refractivity contribution is 0.0602. The Kier molecular flexibility index (Phi) is 4.64. The van der Waals surface area contributed by atoms with Gasteiger partial charge in [-0.3, -0.25) is 5.32 Å². The normalized spacial score (nSPS) is 10.5. The maximum absolute atomic E-state index is 12.2. The van der Waals surface area contributed by atoms with Crippen molar-refractivity contribution in [2.75, 3.05) is 12.4 Å². The Balaban J connectivity index is 2.13. The number of hydrogen-bond donors (Lipinski definition) is 1. The van der Waals surface area contributed by atoms with E-state index in [1.54, 1.807) is 24.3 Å². The monoisotopic (exact) mass is 364 g/mol. The summed E-state index contributed by atoms with van der Waals surface area (Å²) in [5.74, 6) is -0.407. The standard InChI is InChI=1S/C15H10Cl2N4O3/c1-23-14(22)11-12(10-8(16)4-2-5-9(10)17)21-24-13(11)20-15-18-6-3-7-19-15/h2-7H,1H3,(H,18,19,20). The third-order valence-corrected chi connectivity index (χ3v) is 3.70. The van der Waals surface area contributed by atoms with Gasteiger partial charge in [-0.25, -0.2) is 14.8 Å². The van der Waals surface area contributed by atoms with Crippen LogP contribution in [-0.4, -0.2) is 28.2 Å². The Morgan fingerprint density at radius 2 is 1.83 bits per heavy atom. The SMILES string of the molecule is COC(=O)c1c(-c2c(Cl)cccc2Cl)noc1Nc1ncccn1. The molecule has 0 aliphatic heterocycles. The number of nitrogens with one attached hydrogen (secondary N) is 1. The molecule has 0 unspecified atom stereocenters. The van der Waals surface area contributed by atoms with Crippen LogP contribution in [0.4, 0.5) is 11.8 Å². The van der Waals surface area contributed by atoms with Gasteiger partial charge in [0.15, 0.2) is 5.56 Å². The highest BCUT2D eigenvalue weighted by Crippen LogP contribution is 2.38. The molecule has 24 heavy (non-hydrogen) atoms. The first-order chi connectivity index (χ1) is 11.6. The van der Waals surface area contributed by atoms with Crippen molar-refractivity contribution in [3.8, 4) is 11.3 Å². The molecule has 9 heteroatoms. The second kappa shape index (κ2) is 6.86. The average Bonchev–Trinajstić information content (AvgIpc) is 2.98. The Labute approximate surface area is 146 Å². The smallest absolute Gasteiger partial charge is 0.345 e. The number of rotatable bonds is 4. The van der Waals surface area contributed by atoms with E-state index in [0.29, 0.717) is 15.6 Å². The zero-order chi connectivity index (χ0) is 17.1. The number of ether oxygens (including phenoxy) is 1. The average molecular weight is 365 g/mol. The third-order valence-electron chi connectivity index (χ3n) is 3.07. The van der Waals surface area contributed by atoms with Crippen molar-refractivity contribution in [2.24, 2.45) is 0 Å². The molecular weight excluding hydrogens is 355 g/mol. The quantitative estimate of drug-likeness (QED) is 0.700. The van der Waals surface area contributed by atoms with Crippen LogP contribution >= 0.6 is 23.2 Å². The highest BCUT2D eigenvalue weighted by Gasteiger charge is 2.28. The number of carbonyl (C=O) groups is 1. The molecule has 0 aliphatic rings. The first kappa shape index (κ1) is 16.2. The molecule has 3 rings (SSSR count). The van der Waals surface area contributed by atoms with E-state index in [0.717, 1.165) is 0 Å². The van der Waals surface area contributed by atoms with Crippen molar-refractivity contribution in [1.29, 1.82) is 0 Å². The first-order valence-corrected chi connectivity index (χ1v) is 7.43. The molecule has 0 fully saturated rings. The van der Waals surface area contributed by atoms with Crippen molar-refractivity contribution in [1.82, 2.24) is 15.1 Å². The van der Waals surface area contributed by atoms with E-state index < -0.39 is 5.97 Å². The number of esters is 1. The van der Waals surface area contributed by atoms with E-state index in [9.17, 15) is 4.79 Å². The molecule has 0 saturated heterocycles. The molecule has 2 aromatic heterocycles. The predicted octanol–water partition coefficient (Wildman–Crippen LogP) is 3.97. The molecule has 3 aromatic rings. The molecule has 0 spiro atoms. The van der Waals surface area contributed by atoms with Crippen LogP contribution in [0.2, 0.25) is 10.0 Å². The van der Waals surface area contributed by atoms with Gasteiger partial charge in [-0.05, 0) is 18.2 Å². The van der Waals surface area contributed by atoms with Gasteiger partial charge < -0.3 is 9.26 Å². The Morgan fingerprint density at radius 1 is 1.17 bits per heavy atom. The van der Waals surface area contributed by atoms with Crippen LogP contribution in [0.1, 0.15) is 10.4 Å². The van der Waals surface area contributed by atoms with Gasteiger partial charge in [0.05, 0.1) is 17.2 Å². The zero-order valence-electron chi connectivity index (χ0n) is 12.3. The van der Waals surface area contributed by atoms with Gasteiger partial charge in [0.25, 0.3) is 0 Å². The Morgan fingerprint density at radius 3 is 2.46 bits per heavy atom. The third kappa shape index (κ3) is 3.04.